The van der Waals surface area contributed by atoms with E-state index in [1.165, 1.54) is 7.11 Å². The molecule has 146 valence electrons. The molecular formula is C20H21ClN4O3. The summed E-state index contributed by atoms with van der Waals surface area (Å²) in [5.41, 5.74) is 2.17. The minimum Gasteiger partial charge on any atom is -0.465 e. The number of methoxy groups -OCH3 is 1. The van der Waals surface area contributed by atoms with Crippen molar-refractivity contribution in [3.63, 3.8) is 0 Å². The molecule has 1 fully saturated rings. The van der Waals surface area contributed by atoms with Crippen molar-refractivity contribution in [1.29, 1.82) is 0 Å². The second-order valence-corrected chi connectivity index (χ2v) is 6.18. The zero-order chi connectivity index (χ0) is 18.6. The van der Waals surface area contributed by atoms with Crippen LogP contribution in [-0.2, 0) is 9.47 Å². The number of nitrogens with one attached hydrogen (secondary N) is 1. The number of aromatic nitrogens is 2. The van der Waals surface area contributed by atoms with Crippen molar-refractivity contribution in [2.24, 2.45) is 0 Å². The van der Waals surface area contributed by atoms with Crippen LogP contribution in [0.1, 0.15) is 10.4 Å². The molecule has 4 rings (SSSR count). The normalized spacial score (nSPS) is 13.7. The van der Waals surface area contributed by atoms with Crippen molar-refractivity contribution < 1.29 is 14.3 Å². The Bertz CT molecular complexity index is 959. The summed E-state index contributed by atoms with van der Waals surface area (Å²) >= 11 is 0. The number of benzene rings is 2. The Morgan fingerprint density at radius 2 is 1.79 bits per heavy atom. The highest BCUT2D eigenvalue weighted by atomic mass is 35.5. The van der Waals surface area contributed by atoms with Crippen LogP contribution in [0.25, 0.3) is 10.9 Å². The van der Waals surface area contributed by atoms with E-state index in [4.69, 9.17) is 14.5 Å². The smallest absolute Gasteiger partial charge is 0.337 e. The molecule has 3 aromatic rings. The van der Waals surface area contributed by atoms with Gasteiger partial charge < -0.3 is 19.7 Å². The first-order valence-electron chi connectivity index (χ1n) is 8.79. The quantitative estimate of drug-likeness (QED) is 0.672. The predicted molar refractivity (Wildman–Crippen MR) is 111 cm³/mol. The molecule has 0 saturated carbocycles. The summed E-state index contributed by atoms with van der Waals surface area (Å²) in [5, 5.41) is 4.25. The first kappa shape index (κ1) is 19.9. The van der Waals surface area contributed by atoms with Crippen LogP contribution in [0.15, 0.2) is 48.5 Å². The fourth-order valence-corrected chi connectivity index (χ4v) is 3.07. The highest BCUT2D eigenvalue weighted by Crippen LogP contribution is 2.27. The third-order valence-electron chi connectivity index (χ3n) is 4.46. The lowest BCUT2D eigenvalue weighted by molar-refractivity contribution is 0.0601. The molecular weight excluding hydrogens is 380 g/mol. The topological polar surface area (TPSA) is 76.6 Å². The lowest BCUT2D eigenvalue weighted by Crippen LogP contribution is -2.37. The average molecular weight is 401 g/mol. The van der Waals surface area contributed by atoms with Gasteiger partial charge >= 0.3 is 5.97 Å². The number of morpholine rings is 1. The summed E-state index contributed by atoms with van der Waals surface area (Å²) in [6, 6.07) is 15.0. The molecule has 0 radical (unpaired) electrons. The minimum absolute atomic E-state index is 0. The molecule has 0 aliphatic carbocycles. The van der Waals surface area contributed by atoms with E-state index in [2.05, 4.69) is 15.2 Å². The zero-order valence-corrected chi connectivity index (χ0v) is 16.2. The molecule has 2 heterocycles. The van der Waals surface area contributed by atoms with Crippen molar-refractivity contribution in [2.45, 2.75) is 0 Å². The van der Waals surface area contributed by atoms with Crippen LogP contribution in [0.2, 0.25) is 0 Å². The van der Waals surface area contributed by atoms with Gasteiger partial charge in [-0.3, -0.25) is 0 Å². The van der Waals surface area contributed by atoms with Crippen LogP contribution in [0.3, 0.4) is 0 Å². The Hall–Kier alpha value is -2.90. The van der Waals surface area contributed by atoms with Gasteiger partial charge in [-0.2, -0.15) is 4.98 Å². The third kappa shape index (κ3) is 4.16. The van der Waals surface area contributed by atoms with E-state index in [-0.39, 0.29) is 18.4 Å². The largest absolute Gasteiger partial charge is 0.465 e. The molecule has 1 aliphatic heterocycles. The summed E-state index contributed by atoms with van der Waals surface area (Å²) in [4.78, 5) is 23.2. The van der Waals surface area contributed by atoms with E-state index < -0.39 is 0 Å². The molecule has 1 aromatic heterocycles. The van der Waals surface area contributed by atoms with Crippen molar-refractivity contribution in [3.8, 4) is 0 Å². The number of anilines is 3. The van der Waals surface area contributed by atoms with E-state index in [1.54, 1.807) is 24.3 Å². The molecule has 28 heavy (non-hydrogen) atoms. The van der Waals surface area contributed by atoms with Gasteiger partial charge in [0.05, 0.1) is 31.4 Å². The predicted octanol–water partition coefficient (Wildman–Crippen LogP) is 3.42. The number of hydrogen-bond donors (Lipinski definition) is 1. The Balaban J connectivity index is 0.00000225. The summed E-state index contributed by atoms with van der Waals surface area (Å²) in [5.74, 6) is 1.05. The van der Waals surface area contributed by atoms with Crippen LogP contribution >= 0.6 is 12.4 Å². The molecule has 0 atom stereocenters. The molecule has 0 unspecified atom stereocenters. The van der Waals surface area contributed by atoms with E-state index in [9.17, 15) is 4.79 Å². The monoisotopic (exact) mass is 400 g/mol. The average Bonchev–Trinajstić information content (AvgIpc) is 2.74. The number of halogens is 1. The van der Waals surface area contributed by atoms with Crippen LogP contribution in [0.5, 0.6) is 0 Å². The van der Waals surface area contributed by atoms with E-state index in [0.29, 0.717) is 24.7 Å². The summed E-state index contributed by atoms with van der Waals surface area (Å²) in [6.45, 7) is 2.98. The van der Waals surface area contributed by atoms with E-state index >= 15 is 0 Å². The number of hydrogen-bond acceptors (Lipinski definition) is 7. The van der Waals surface area contributed by atoms with Crippen LogP contribution in [0.4, 0.5) is 17.5 Å². The second-order valence-electron chi connectivity index (χ2n) is 6.18. The molecule has 0 spiro atoms. The Kier molecular flexibility index (Phi) is 6.28. The highest BCUT2D eigenvalue weighted by molar-refractivity contribution is 5.91. The molecule has 7 nitrogen and oxygen atoms in total. The standard InChI is InChI=1S/C20H20N4O3.ClH/c1-26-19(25)14-6-8-15(9-7-14)21-20-22-17-5-3-2-4-16(17)18(23-20)24-10-12-27-13-11-24;/h2-9H,10-13H2,1H3,(H,21,22,23);1H. The molecule has 8 heteroatoms. The van der Waals surface area contributed by atoms with Crippen LogP contribution in [0, 0.1) is 0 Å². The number of nitrogens with zero attached hydrogens (tertiary/aromatic N) is 3. The van der Waals surface area contributed by atoms with E-state index in [0.717, 1.165) is 35.5 Å². The number of esters is 1. The maximum atomic E-state index is 11.6. The fourth-order valence-electron chi connectivity index (χ4n) is 3.07. The van der Waals surface area contributed by atoms with Crippen molar-refractivity contribution >= 4 is 46.7 Å². The summed E-state index contributed by atoms with van der Waals surface area (Å²) in [7, 11) is 1.37. The third-order valence-corrected chi connectivity index (χ3v) is 4.46. The Labute approximate surface area is 169 Å². The highest BCUT2D eigenvalue weighted by Gasteiger charge is 2.17. The van der Waals surface area contributed by atoms with Gasteiger partial charge in [-0.1, -0.05) is 12.1 Å². The molecule has 2 aromatic carbocycles. The maximum absolute atomic E-state index is 11.6. The summed E-state index contributed by atoms with van der Waals surface area (Å²) < 4.78 is 10.2. The number of rotatable bonds is 4. The number of carbonyl (C=O) groups is 1. The molecule has 0 bridgehead atoms. The van der Waals surface area contributed by atoms with Gasteiger partial charge in [-0.05, 0) is 36.4 Å². The minimum atomic E-state index is -0.363. The fraction of sp³-hybridized carbons (Fsp3) is 0.250. The van der Waals surface area contributed by atoms with Gasteiger partial charge in [-0.25, -0.2) is 9.78 Å². The molecule has 1 saturated heterocycles. The summed E-state index contributed by atoms with van der Waals surface area (Å²) in [6.07, 6.45) is 0. The number of fused-ring (bicyclic) bond motifs is 1. The van der Waals surface area contributed by atoms with Gasteiger partial charge in [0, 0.05) is 24.2 Å². The van der Waals surface area contributed by atoms with Gasteiger partial charge in [0.1, 0.15) is 5.82 Å². The zero-order valence-electron chi connectivity index (χ0n) is 15.4. The van der Waals surface area contributed by atoms with Crippen molar-refractivity contribution in [1.82, 2.24) is 9.97 Å². The SMILES string of the molecule is COC(=O)c1ccc(Nc2nc(N3CCOCC3)c3ccccc3n2)cc1.Cl. The maximum Gasteiger partial charge on any atom is 0.337 e. The van der Waals surface area contributed by atoms with Crippen LogP contribution < -0.4 is 10.2 Å². The number of ether oxygens (including phenoxy) is 2. The van der Waals surface area contributed by atoms with Crippen LogP contribution in [-0.4, -0.2) is 49.4 Å². The van der Waals surface area contributed by atoms with Gasteiger partial charge in [0.25, 0.3) is 0 Å². The molecule has 1 aliphatic rings. The molecule has 0 amide bonds. The van der Waals surface area contributed by atoms with Gasteiger partial charge in [-0.15, -0.1) is 12.4 Å². The van der Waals surface area contributed by atoms with Crippen molar-refractivity contribution in [2.75, 3.05) is 43.6 Å². The number of carbonyl (C=O) groups excluding carboxylic acids is 1. The lowest BCUT2D eigenvalue weighted by Gasteiger charge is -2.29. The first-order valence-corrected chi connectivity index (χ1v) is 8.79. The Morgan fingerprint density at radius 1 is 1.07 bits per heavy atom. The van der Waals surface area contributed by atoms with Gasteiger partial charge in [0.2, 0.25) is 5.95 Å². The Morgan fingerprint density at radius 3 is 2.50 bits per heavy atom. The lowest BCUT2D eigenvalue weighted by atomic mass is 10.2. The first-order chi connectivity index (χ1) is 13.2. The number of para-hydroxylation sites is 1. The second kappa shape index (κ2) is 8.86. The van der Waals surface area contributed by atoms with Gasteiger partial charge in [0.15, 0.2) is 0 Å². The van der Waals surface area contributed by atoms with E-state index in [1.807, 2.05) is 24.3 Å². The molecule has 1 N–H and O–H groups in total. The van der Waals surface area contributed by atoms with Crippen molar-refractivity contribution in [3.05, 3.63) is 54.1 Å².